The van der Waals surface area contributed by atoms with Crippen molar-refractivity contribution >= 4 is 29.9 Å². The molecular weight excluding hydrogens is 612 g/mol. The molecule has 1 atom stereocenters. The number of ether oxygens (including phenoxy) is 3. The zero-order chi connectivity index (χ0) is 26.9. The topological polar surface area (TPSA) is 73.9 Å². The number of benzene rings is 3. The van der Waals surface area contributed by atoms with Gasteiger partial charge in [0.1, 0.15) is 24.0 Å². The number of hydrogen-bond acceptors (Lipinski definition) is 5. The van der Waals surface area contributed by atoms with Gasteiger partial charge in [0.15, 0.2) is 0 Å². The first-order valence-electron chi connectivity index (χ1n) is 12.4. The molecule has 3 aromatic carbocycles. The molecule has 0 fully saturated rings. The maximum Gasteiger partial charge on any atom is 0.408 e. The summed E-state index contributed by atoms with van der Waals surface area (Å²) >= 11 is 0. The van der Waals surface area contributed by atoms with Crippen molar-refractivity contribution < 1.29 is 47.8 Å². The highest BCUT2D eigenvalue weighted by Crippen LogP contribution is 2.53. The first kappa shape index (κ1) is 31.6. The number of amides is 1. The van der Waals surface area contributed by atoms with Crippen LogP contribution in [0, 0.1) is 0 Å². The third kappa shape index (κ3) is 9.28. The lowest BCUT2D eigenvalue weighted by atomic mass is 10.2. The molecule has 0 saturated carbocycles. The zero-order valence-electron chi connectivity index (χ0n) is 22.6. The Morgan fingerprint density at radius 3 is 1.87 bits per heavy atom. The molecule has 204 valence electrons. The molecule has 0 saturated heterocycles. The van der Waals surface area contributed by atoms with Crippen molar-refractivity contribution in [3.05, 3.63) is 90.5 Å². The number of rotatable bonds is 10. The lowest BCUT2D eigenvalue weighted by molar-refractivity contribution is -0.147. The van der Waals surface area contributed by atoms with Gasteiger partial charge in [-0.2, -0.15) is 0 Å². The highest BCUT2D eigenvalue weighted by molar-refractivity contribution is 7.88. The van der Waals surface area contributed by atoms with E-state index in [9.17, 15) is 9.59 Å². The number of nitrogens with one attached hydrogen (secondary N) is 1. The maximum absolute atomic E-state index is 13.2. The van der Waals surface area contributed by atoms with Crippen LogP contribution in [-0.4, -0.2) is 43.6 Å². The third-order valence-corrected chi connectivity index (χ3v) is 10.1. The van der Waals surface area contributed by atoms with Gasteiger partial charge in [-0.25, -0.2) is 9.59 Å². The Balaban J connectivity index is 0.00000507. The Labute approximate surface area is 243 Å². The summed E-state index contributed by atoms with van der Waals surface area (Å²) < 4.78 is 16.3. The number of carbonyl (C=O) groups is 2. The Morgan fingerprint density at radius 1 is 0.868 bits per heavy atom. The fraction of sp³-hybridized carbons (Fsp3) is 0.333. The van der Waals surface area contributed by atoms with Gasteiger partial charge in [-0.1, -0.05) is 48.5 Å². The van der Waals surface area contributed by atoms with Crippen LogP contribution in [0.1, 0.15) is 32.8 Å². The molecule has 0 aliphatic carbocycles. The zero-order valence-corrected chi connectivity index (χ0v) is 25.7. The average Bonchev–Trinajstić information content (AvgIpc) is 2.89. The highest BCUT2D eigenvalue weighted by Gasteiger charge is 2.39. The standard InChI is InChI=1S/C30H36NO5P.HI/c1-30(2,3)36-29(33)31-27(28(32)35-22-23-16-18-24(34-4)19-17-23)20-21-37(5,25-12-8-6-9-13-25)26-14-10-7-11-15-26;/h6-19,27H,20-22H2,1-5H3;1H. The highest BCUT2D eigenvalue weighted by atomic mass is 127. The molecule has 0 spiro atoms. The summed E-state index contributed by atoms with van der Waals surface area (Å²) in [4.78, 5) is 25.9. The molecule has 8 heteroatoms. The van der Waals surface area contributed by atoms with Gasteiger partial charge < -0.3 is 43.5 Å². The minimum absolute atomic E-state index is 0. The van der Waals surface area contributed by atoms with E-state index in [2.05, 4.69) is 36.2 Å². The molecule has 38 heavy (non-hydrogen) atoms. The van der Waals surface area contributed by atoms with E-state index in [1.54, 1.807) is 27.9 Å². The first-order chi connectivity index (χ1) is 17.6. The number of hydrogen-bond donors (Lipinski definition) is 1. The first-order valence-corrected chi connectivity index (χ1v) is 14.8. The van der Waals surface area contributed by atoms with E-state index in [0.29, 0.717) is 12.6 Å². The molecule has 0 heterocycles. The van der Waals surface area contributed by atoms with Gasteiger partial charge in [-0.05, 0) is 62.7 Å². The second-order valence-electron chi connectivity index (χ2n) is 10.0. The number of carbonyl (C=O) groups excluding carboxylic acids is 2. The van der Waals surface area contributed by atoms with E-state index in [1.165, 1.54) is 10.6 Å². The molecule has 1 N–H and O–H groups in total. The quantitative estimate of drug-likeness (QED) is 0.208. The van der Waals surface area contributed by atoms with Gasteiger partial charge >= 0.3 is 12.1 Å². The van der Waals surface area contributed by atoms with Gasteiger partial charge in [0.2, 0.25) is 0 Å². The fourth-order valence-corrected chi connectivity index (χ4v) is 7.23. The molecule has 0 aliphatic heterocycles. The maximum atomic E-state index is 13.2. The predicted molar refractivity (Wildman–Crippen MR) is 150 cm³/mol. The van der Waals surface area contributed by atoms with Crippen LogP contribution in [0.2, 0.25) is 0 Å². The molecular formula is C30H37INO5P. The second kappa shape index (κ2) is 14.5. The Morgan fingerprint density at radius 2 is 1.39 bits per heavy atom. The molecule has 3 aromatic rings. The summed E-state index contributed by atoms with van der Waals surface area (Å²) in [6.07, 6.45) is 0.479. The van der Waals surface area contributed by atoms with Crippen LogP contribution in [0.15, 0.2) is 84.9 Å². The van der Waals surface area contributed by atoms with E-state index in [0.717, 1.165) is 11.3 Å². The van der Waals surface area contributed by atoms with Crippen molar-refractivity contribution in [2.24, 2.45) is 0 Å². The predicted octanol–water partition coefficient (Wildman–Crippen LogP) is 2.32. The van der Waals surface area contributed by atoms with Gasteiger partial charge in [0, 0.05) is 6.42 Å². The van der Waals surface area contributed by atoms with Crippen molar-refractivity contribution in [3.8, 4) is 5.75 Å². The molecule has 3 rings (SSSR count). The van der Waals surface area contributed by atoms with Crippen LogP contribution in [0.4, 0.5) is 4.79 Å². The number of alkyl carbamates (subject to hydrolysis) is 1. The molecule has 0 radical (unpaired) electrons. The van der Waals surface area contributed by atoms with Crippen LogP contribution < -0.4 is 44.6 Å². The van der Waals surface area contributed by atoms with Crippen molar-refractivity contribution in [2.45, 2.75) is 45.4 Å². The summed E-state index contributed by atoms with van der Waals surface area (Å²) in [6.45, 7) is 7.73. The summed E-state index contributed by atoms with van der Waals surface area (Å²) in [7, 11) is -0.251. The van der Waals surface area contributed by atoms with E-state index < -0.39 is 31.0 Å². The average molecular weight is 650 g/mol. The van der Waals surface area contributed by atoms with Gasteiger partial charge in [0.25, 0.3) is 0 Å². The smallest absolute Gasteiger partial charge is 0.408 e. The minimum atomic E-state index is -1.85. The number of esters is 1. The molecule has 6 nitrogen and oxygen atoms in total. The molecule has 1 amide bonds. The number of methoxy groups -OCH3 is 1. The Bertz CT molecular complexity index is 1110. The summed E-state index contributed by atoms with van der Waals surface area (Å²) in [5.41, 5.74) is 0.146. The Kier molecular flexibility index (Phi) is 12.0. The summed E-state index contributed by atoms with van der Waals surface area (Å²) in [5, 5.41) is 5.24. The molecule has 1 unspecified atom stereocenters. The van der Waals surface area contributed by atoms with E-state index in [4.69, 9.17) is 14.2 Å². The van der Waals surface area contributed by atoms with Crippen LogP contribution in [0.25, 0.3) is 0 Å². The van der Waals surface area contributed by atoms with E-state index in [1.807, 2.05) is 60.7 Å². The van der Waals surface area contributed by atoms with E-state index in [-0.39, 0.29) is 30.6 Å². The monoisotopic (exact) mass is 649 g/mol. The lowest BCUT2D eigenvalue weighted by Crippen LogP contribution is -3.00. The van der Waals surface area contributed by atoms with Crippen LogP contribution in [0.3, 0.4) is 0 Å². The van der Waals surface area contributed by atoms with Gasteiger partial charge in [-0.15, -0.1) is 0 Å². The van der Waals surface area contributed by atoms with Crippen LogP contribution in [0.5, 0.6) is 5.75 Å². The van der Waals surface area contributed by atoms with Gasteiger partial charge in [-0.3, -0.25) is 0 Å². The lowest BCUT2D eigenvalue weighted by Gasteiger charge is -2.26. The summed E-state index contributed by atoms with van der Waals surface area (Å²) in [5.74, 6) is 0.235. The van der Waals surface area contributed by atoms with Gasteiger partial charge in [0.05, 0.1) is 37.8 Å². The number of halogens is 1. The second-order valence-corrected chi connectivity index (χ2v) is 13.9. The largest absolute Gasteiger partial charge is 1.00 e. The van der Waals surface area contributed by atoms with E-state index >= 15 is 0 Å². The van der Waals surface area contributed by atoms with Crippen molar-refractivity contribution in [3.63, 3.8) is 0 Å². The summed E-state index contributed by atoms with van der Waals surface area (Å²) in [6, 6.07) is 27.2. The van der Waals surface area contributed by atoms with Crippen molar-refractivity contribution in [1.29, 1.82) is 0 Å². The normalized spacial score (nSPS) is 12.0. The Hall–Kier alpha value is -2.64. The third-order valence-electron chi connectivity index (χ3n) is 6.03. The van der Waals surface area contributed by atoms with Crippen molar-refractivity contribution in [1.82, 2.24) is 5.32 Å². The van der Waals surface area contributed by atoms with Crippen LogP contribution in [-0.2, 0) is 20.9 Å². The van der Waals surface area contributed by atoms with Crippen LogP contribution >= 0.6 is 7.26 Å². The van der Waals surface area contributed by atoms with Crippen molar-refractivity contribution in [2.75, 3.05) is 19.9 Å². The molecule has 0 bridgehead atoms. The minimum Gasteiger partial charge on any atom is -1.00 e. The molecule has 0 aromatic heterocycles. The fourth-order valence-electron chi connectivity index (χ4n) is 3.98. The molecule has 0 aliphatic rings. The SMILES string of the molecule is COc1ccc(COC(=O)C(CC[P+](C)(c2ccccc2)c2ccccc2)NC(=O)OC(C)(C)C)cc1.[I-].